The Kier molecular flexibility index (Phi) is 6.11. The molecule has 1 fully saturated rings. The van der Waals surface area contributed by atoms with Crippen LogP contribution in [0.3, 0.4) is 0 Å². The van der Waals surface area contributed by atoms with Gasteiger partial charge in [0, 0.05) is 11.6 Å². The van der Waals surface area contributed by atoms with Crippen molar-refractivity contribution in [1.82, 2.24) is 4.90 Å². The highest BCUT2D eigenvalue weighted by atomic mass is 35.5. The summed E-state index contributed by atoms with van der Waals surface area (Å²) in [5.41, 5.74) is -0.331. The lowest BCUT2D eigenvalue weighted by Gasteiger charge is -2.12. The summed E-state index contributed by atoms with van der Waals surface area (Å²) in [6, 6.07) is 12.6. The van der Waals surface area contributed by atoms with E-state index in [2.05, 4.69) is 0 Å². The van der Waals surface area contributed by atoms with Gasteiger partial charge in [-0.1, -0.05) is 47.5 Å². The van der Waals surface area contributed by atoms with E-state index in [0.717, 1.165) is 11.0 Å². The number of hydrogen-bond donors (Lipinski definition) is 0. The van der Waals surface area contributed by atoms with Gasteiger partial charge in [-0.05, 0) is 47.7 Å². The predicted octanol–water partition coefficient (Wildman–Crippen LogP) is 7.51. The van der Waals surface area contributed by atoms with Crippen molar-refractivity contribution >= 4 is 52.2 Å². The number of imide groups is 1. The topological polar surface area (TPSA) is 50.5 Å². The highest BCUT2D eigenvalue weighted by Crippen LogP contribution is 2.39. The summed E-state index contributed by atoms with van der Waals surface area (Å²) in [6.45, 7) is 0.00125. The number of amides is 2. The smallest absolute Gasteiger partial charge is 0.417 e. The lowest BCUT2D eigenvalue weighted by Crippen LogP contribution is -2.27. The van der Waals surface area contributed by atoms with Crippen LogP contribution in [-0.4, -0.2) is 16.0 Å². The van der Waals surface area contributed by atoms with Crippen molar-refractivity contribution in [3.8, 4) is 11.3 Å². The van der Waals surface area contributed by atoms with Crippen molar-refractivity contribution in [1.29, 1.82) is 0 Å². The summed E-state index contributed by atoms with van der Waals surface area (Å²) in [5.74, 6) is -0.393. The van der Waals surface area contributed by atoms with Crippen molar-refractivity contribution in [2.45, 2.75) is 12.7 Å². The fourth-order valence-electron chi connectivity index (χ4n) is 3.11. The molecule has 2 aromatic carbocycles. The van der Waals surface area contributed by atoms with Crippen molar-refractivity contribution in [2.75, 3.05) is 0 Å². The highest BCUT2D eigenvalue weighted by Gasteiger charge is 2.36. The molecule has 0 radical (unpaired) electrons. The number of hydrogen-bond acceptors (Lipinski definition) is 4. The SMILES string of the molecule is O=C1S/C(=C\c2ccc(-c3ccccc3C(F)(F)F)o2)C(=O)N1Cc1ccc(Cl)c(Cl)c1. The number of furan rings is 1. The largest absolute Gasteiger partial charge is 0.457 e. The van der Waals surface area contributed by atoms with E-state index >= 15 is 0 Å². The quantitative estimate of drug-likeness (QED) is 0.350. The van der Waals surface area contributed by atoms with Crippen molar-refractivity contribution in [3.63, 3.8) is 0 Å². The van der Waals surface area contributed by atoms with Gasteiger partial charge in [0.25, 0.3) is 11.1 Å². The molecule has 1 aliphatic heterocycles. The Balaban J connectivity index is 1.57. The molecule has 4 rings (SSSR count). The number of nitrogens with zero attached hydrogens (tertiary/aromatic N) is 1. The first-order valence-electron chi connectivity index (χ1n) is 9.09. The summed E-state index contributed by atoms with van der Waals surface area (Å²) in [4.78, 5) is 26.2. The lowest BCUT2D eigenvalue weighted by atomic mass is 10.1. The van der Waals surface area contributed by atoms with E-state index in [9.17, 15) is 22.8 Å². The maximum atomic E-state index is 13.3. The number of carbonyl (C=O) groups is 2. The Bertz CT molecular complexity index is 1250. The van der Waals surface area contributed by atoms with Crippen LogP contribution in [-0.2, 0) is 17.5 Å². The molecule has 0 saturated carbocycles. The third-order valence-electron chi connectivity index (χ3n) is 4.60. The molecule has 0 bridgehead atoms. The second-order valence-electron chi connectivity index (χ2n) is 6.76. The van der Waals surface area contributed by atoms with Gasteiger partial charge < -0.3 is 4.42 Å². The molecule has 0 spiro atoms. The molecule has 1 aromatic heterocycles. The Hall–Kier alpha value is -2.68. The number of carbonyl (C=O) groups excluding carboxylic acids is 2. The molecule has 10 heteroatoms. The Labute approximate surface area is 194 Å². The molecule has 0 atom stereocenters. The van der Waals surface area contributed by atoms with E-state index in [1.165, 1.54) is 36.4 Å². The van der Waals surface area contributed by atoms with Crippen LogP contribution in [0.25, 0.3) is 17.4 Å². The zero-order valence-corrected chi connectivity index (χ0v) is 18.3. The fraction of sp³-hybridized carbons (Fsp3) is 0.0909. The summed E-state index contributed by atoms with van der Waals surface area (Å²) in [7, 11) is 0. The van der Waals surface area contributed by atoms with Gasteiger partial charge >= 0.3 is 6.18 Å². The number of thioether (sulfide) groups is 1. The fourth-order valence-corrected chi connectivity index (χ4v) is 4.25. The van der Waals surface area contributed by atoms with Crippen LogP contribution in [0.5, 0.6) is 0 Å². The van der Waals surface area contributed by atoms with E-state index in [4.69, 9.17) is 27.6 Å². The molecule has 4 nitrogen and oxygen atoms in total. The van der Waals surface area contributed by atoms with E-state index in [-0.39, 0.29) is 28.5 Å². The molecular weight excluding hydrogens is 486 g/mol. The standard InChI is InChI=1S/C22H12Cl2F3NO3S/c23-16-7-5-12(9-17(16)24)11-28-20(29)19(32-21(28)30)10-13-6-8-18(31-13)14-3-1-2-4-15(14)22(25,26)27/h1-10H,11H2/b19-10-. The van der Waals surface area contributed by atoms with Gasteiger partial charge in [-0.25, -0.2) is 0 Å². The highest BCUT2D eigenvalue weighted by molar-refractivity contribution is 8.18. The van der Waals surface area contributed by atoms with Crippen molar-refractivity contribution in [3.05, 3.63) is 86.4 Å². The van der Waals surface area contributed by atoms with Crippen LogP contribution >= 0.6 is 35.0 Å². The first-order chi connectivity index (χ1) is 15.1. The van der Waals surface area contributed by atoms with Gasteiger partial charge in [-0.2, -0.15) is 13.2 Å². The van der Waals surface area contributed by atoms with E-state index in [0.29, 0.717) is 27.4 Å². The maximum Gasteiger partial charge on any atom is 0.417 e. The van der Waals surface area contributed by atoms with Gasteiger partial charge in [-0.15, -0.1) is 0 Å². The second kappa shape index (κ2) is 8.69. The van der Waals surface area contributed by atoms with Gasteiger partial charge in [0.1, 0.15) is 11.5 Å². The van der Waals surface area contributed by atoms with Crippen LogP contribution in [0, 0.1) is 0 Å². The van der Waals surface area contributed by atoms with Crippen LogP contribution in [0.4, 0.5) is 18.0 Å². The number of halogens is 5. The molecule has 32 heavy (non-hydrogen) atoms. The van der Waals surface area contributed by atoms with Crippen LogP contribution < -0.4 is 0 Å². The van der Waals surface area contributed by atoms with E-state index < -0.39 is 22.9 Å². The summed E-state index contributed by atoms with van der Waals surface area (Å²) in [5, 5.41) is 0.167. The molecule has 0 aliphatic carbocycles. The molecule has 0 N–H and O–H groups in total. The minimum Gasteiger partial charge on any atom is -0.457 e. The summed E-state index contributed by atoms with van der Waals surface area (Å²) >= 11 is 12.6. The van der Waals surface area contributed by atoms with Crippen LogP contribution in [0.1, 0.15) is 16.9 Å². The third-order valence-corrected chi connectivity index (χ3v) is 6.24. The van der Waals surface area contributed by atoms with Crippen LogP contribution in [0.2, 0.25) is 10.0 Å². The minimum atomic E-state index is -4.54. The first kappa shape index (κ1) is 22.5. The zero-order valence-electron chi connectivity index (χ0n) is 16.0. The molecule has 1 saturated heterocycles. The zero-order chi connectivity index (χ0) is 23.0. The maximum absolute atomic E-state index is 13.3. The van der Waals surface area contributed by atoms with Crippen molar-refractivity contribution < 1.29 is 27.2 Å². The predicted molar refractivity (Wildman–Crippen MR) is 117 cm³/mol. The molecule has 0 unspecified atom stereocenters. The number of benzene rings is 2. The first-order valence-corrected chi connectivity index (χ1v) is 10.7. The Morgan fingerprint density at radius 3 is 2.47 bits per heavy atom. The van der Waals surface area contributed by atoms with E-state index in [1.807, 2.05) is 0 Å². The van der Waals surface area contributed by atoms with Gasteiger partial charge in [0.05, 0.1) is 27.1 Å². The Morgan fingerprint density at radius 1 is 1.00 bits per heavy atom. The average molecular weight is 498 g/mol. The number of alkyl halides is 3. The monoisotopic (exact) mass is 497 g/mol. The lowest BCUT2D eigenvalue weighted by molar-refractivity contribution is -0.137. The van der Waals surface area contributed by atoms with Gasteiger partial charge in [0.15, 0.2) is 0 Å². The van der Waals surface area contributed by atoms with Crippen molar-refractivity contribution in [2.24, 2.45) is 0 Å². The minimum absolute atomic E-state index is 0.000732. The van der Waals surface area contributed by atoms with Gasteiger partial charge in [-0.3, -0.25) is 14.5 Å². The summed E-state index contributed by atoms with van der Waals surface area (Å²) in [6.07, 6.45) is -3.21. The molecule has 164 valence electrons. The molecule has 1 aliphatic rings. The molecular formula is C22H12Cl2F3NO3S. The summed E-state index contributed by atoms with van der Waals surface area (Å²) < 4.78 is 45.3. The van der Waals surface area contributed by atoms with E-state index in [1.54, 1.807) is 18.2 Å². The normalized spacial score (nSPS) is 15.8. The molecule has 2 amide bonds. The van der Waals surface area contributed by atoms with Crippen LogP contribution in [0.15, 0.2) is 63.9 Å². The molecule has 3 aromatic rings. The number of rotatable bonds is 4. The third kappa shape index (κ3) is 4.57. The average Bonchev–Trinajstić information content (AvgIpc) is 3.30. The van der Waals surface area contributed by atoms with Gasteiger partial charge in [0.2, 0.25) is 0 Å². The molecule has 2 heterocycles. The Morgan fingerprint density at radius 2 is 1.75 bits per heavy atom. The second-order valence-corrected chi connectivity index (χ2v) is 8.57.